The second kappa shape index (κ2) is 9.44. The standard InChI is InChI=1S/C21H25N5O4S/c27-18(25-5-1-2-6-25)14-24-7-9-26(10-8-24)19-16(21(29)30)12-15(13-22-19)23-20(28)17-4-3-11-31-17/h3-4,11-13H,1-2,5-10,14H2,(H,23,28)(H,29,30). The van der Waals surface area contributed by atoms with Crippen molar-refractivity contribution in [2.45, 2.75) is 12.8 Å². The Labute approximate surface area is 184 Å². The molecule has 0 saturated carbocycles. The fourth-order valence-corrected chi connectivity index (χ4v) is 4.53. The van der Waals surface area contributed by atoms with Gasteiger partial charge in [-0.3, -0.25) is 14.5 Å². The molecular weight excluding hydrogens is 418 g/mol. The van der Waals surface area contributed by atoms with Gasteiger partial charge in [-0.05, 0) is 30.4 Å². The van der Waals surface area contributed by atoms with E-state index in [2.05, 4.69) is 15.2 Å². The average Bonchev–Trinajstić information content (AvgIpc) is 3.49. The Hall–Kier alpha value is -2.98. The molecule has 2 fully saturated rings. The first kappa shape index (κ1) is 21.3. The minimum atomic E-state index is -1.10. The van der Waals surface area contributed by atoms with Gasteiger partial charge in [0.05, 0.1) is 23.3 Å². The third-order valence-corrected chi connectivity index (χ3v) is 6.46. The molecule has 2 aromatic heterocycles. The Kier molecular flexibility index (Phi) is 6.47. The van der Waals surface area contributed by atoms with Crippen LogP contribution in [-0.2, 0) is 4.79 Å². The minimum absolute atomic E-state index is 0.0468. The van der Waals surface area contributed by atoms with Gasteiger partial charge in [-0.25, -0.2) is 9.78 Å². The normalized spacial score (nSPS) is 17.0. The van der Waals surface area contributed by atoms with E-state index in [4.69, 9.17) is 0 Å². The predicted octanol–water partition coefficient (Wildman–Crippen LogP) is 1.84. The highest BCUT2D eigenvalue weighted by molar-refractivity contribution is 7.12. The summed E-state index contributed by atoms with van der Waals surface area (Å²) >= 11 is 1.31. The Morgan fingerprint density at radius 1 is 1.10 bits per heavy atom. The summed E-state index contributed by atoms with van der Waals surface area (Å²) < 4.78 is 0. The molecule has 31 heavy (non-hydrogen) atoms. The number of hydrogen-bond donors (Lipinski definition) is 2. The lowest BCUT2D eigenvalue weighted by atomic mass is 10.2. The van der Waals surface area contributed by atoms with E-state index in [0.29, 0.717) is 49.1 Å². The zero-order valence-corrected chi connectivity index (χ0v) is 17.9. The van der Waals surface area contributed by atoms with Crippen LogP contribution in [0.15, 0.2) is 29.8 Å². The van der Waals surface area contributed by atoms with Crippen molar-refractivity contribution >= 4 is 40.6 Å². The van der Waals surface area contributed by atoms with Crippen LogP contribution in [0.2, 0.25) is 0 Å². The summed E-state index contributed by atoms with van der Waals surface area (Å²) in [6, 6.07) is 4.93. The Morgan fingerprint density at radius 3 is 2.48 bits per heavy atom. The number of carbonyl (C=O) groups is 3. The van der Waals surface area contributed by atoms with Crippen molar-refractivity contribution in [1.82, 2.24) is 14.8 Å². The van der Waals surface area contributed by atoms with Crippen LogP contribution in [0.25, 0.3) is 0 Å². The third-order valence-electron chi connectivity index (χ3n) is 5.59. The van der Waals surface area contributed by atoms with Gasteiger partial charge in [0.15, 0.2) is 0 Å². The van der Waals surface area contributed by atoms with E-state index in [1.165, 1.54) is 23.6 Å². The van der Waals surface area contributed by atoms with Crippen LogP contribution in [0.4, 0.5) is 11.5 Å². The lowest BCUT2D eigenvalue weighted by Crippen LogP contribution is -2.50. The second-order valence-electron chi connectivity index (χ2n) is 7.68. The van der Waals surface area contributed by atoms with Crippen LogP contribution >= 0.6 is 11.3 Å². The molecule has 164 valence electrons. The molecule has 0 aliphatic carbocycles. The molecule has 2 amide bonds. The number of likely N-dealkylation sites (tertiary alicyclic amines) is 1. The number of nitrogens with one attached hydrogen (secondary N) is 1. The van der Waals surface area contributed by atoms with E-state index in [9.17, 15) is 19.5 Å². The number of carboxylic acid groups (broad SMARTS) is 1. The maximum Gasteiger partial charge on any atom is 0.339 e. The number of rotatable bonds is 6. The molecule has 0 unspecified atom stereocenters. The van der Waals surface area contributed by atoms with E-state index in [1.807, 2.05) is 9.80 Å². The molecule has 0 bridgehead atoms. The monoisotopic (exact) mass is 443 g/mol. The number of hydrogen-bond acceptors (Lipinski definition) is 7. The number of carboxylic acids is 1. The number of amides is 2. The summed E-state index contributed by atoms with van der Waals surface area (Å²) in [4.78, 5) is 47.3. The molecule has 2 aromatic rings. The fourth-order valence-electron chi connectivity index (χ4n) is 3.91. The van der Waals surface area contributed by atoms with Crippen LogP contribution < -0.4 is 10.2 Å². The maximum atomic E-state index is 12.4. The summed E-state index contributed by atoms with van der Waals surface area (Å²) in [5.74, 6) is -0.841. The zero-order chi connectivity index (χ0) is 21.8. The highest BCUT2D eigenvalue weighted by Gasteiger charge is 2.26. The van der Waals surface area contributed by atoms with Crippen LogP contribution in [0.1, 0.15) is 32.9 Å². The van der Waals surface area contributed by atoms with Gasteiger partial charge in [-0.2, -0.15) is 0 Å². The summed E-state index contributed by atoms with van der Waals surface area (Å²) in [6.07, 6.45) is 3.64. The number of nitrogens with zero attached hydrogens (tertiary/aromatic N) is 4. The number of thiophene rings is 1. The summed E-state index contributed by atoms with van der Waals surface area (Å²) in [6.45, 7) is 4.60. The smallest absolute Gasteiger partial charge is 0.339 e. The highest BCUT2D eigenvalue weighted by atomic mass is 32.1. The SMILES string of the molecule is O=C(Nc1cnc(N2CCN(CC(=O)N3CCCC3)CC2)c(C(=O)O)c1)c1cccs1. The number of aromatic carboxylic acids is 1. The molecule has 0 atom stereocenters. The maximum absolute atomic E-state index is 12.4. The molecule has 10 heteroatoms. The van der Waals surface area contributed by atoms with Crippen LogP contribution in [-0.4, -0.2) is 83.5 Å². The molecular formula is C21H25N5O4S. The zero-order valence-electron chi connectivity index (χ0n) is 17.1. The lowest BCUT2D eigenvalue weighted by Gasteiger charge is -2.36. The molecule has 4 heterocycles. The number of carbonyl (C=O) groups excluding carboxylic acids is 2. The van der Waals surface area contributed by atoms with Crippen molar-refractivity contribution in [2.24, 2.45) is 0 Å². The number of anilines is 2. The lowest BCUT2D eigenvalue weighted by molar-refractivity contribution is -0.131. The number of aromatic nitrogens is 1. The molecule has 0 aromatic carbocycles. The fraction of sp³-hybridized carbons (Fsp3) is 0.429. The van der Waals surface area contributed by atoms with E-state index in [1.54, 1.807) is 17.5 Å². The average molecular weight is 444 g/mol. The number of pyridine rings is 1. The molecule has 2 saturated heterocycles. The van der Waals surface area contributed by atoms with Gasteiger partial charge in [-0.15, -0.1) is 11.3 Å². The Bertz CT molecular complexity index is 951. The quantitative estimate of drug-likeness (QED) is 0.702. The van der Waals surface area contributed by atoms with E-state index in [0.717, 1.165) is 25.9 Å². The van der Waals surface area contributed by atoms with Crippen molar-refractivity contribution in [1.29, 1.82) is 0 Å². The molecule has 2 aliphatic rings. The first-order valence-corrected chi connectivity index (χ1v) is 11.2. The molecule has 0 radical (unpaired) electrons. The molecule has 0 spiro atoms. The van der Waals surface area contributed by atoms with Gasteiger partial charge in [0, 0.05) is 39.3 Å². The molecule has 4 rings (SSSR count). The van der Waals surface area contributed by atoms with Gasteiger partial charge in [-0.1, -0.05) is 6.07 Å². The largest absolute Gasteiger partial charge is 0.478 e. The van der Waals surface area contributed by atoms with Crippen LogP contribution in [0, 0.1) is 0 Å². The highest BCUT2D eigenvalue weighted by Crippen LogP contribution is 2.24. The van der Waals surface area contributed by atoms with Crippen LogP contribution in [0.3, 0.4) is 0 Å². The van der Waals surface area contributed by atoms with E-state index in [-0.39, 0.29) is 17.4 Å². The van der Waals surface area contributed by atoms with Gasteiger partial charge >= 0.3 is 5.97 Å². The van der Waals surface area contributed by atoms with Gasteiger partial charge < -0.3 is 20.2 Å². The van der Waals surface area contributed by atoms with Crippen molar-refractivity contribution < 1.29 is 19.5 Å². The van der Waals surface area contributed by atoms with Gasteiger partial charge in [0.1, 0.15) is 11.4 Å². The Balaban J connectivity index is 1.39. The van der Waals surface area contributed by atoms with E-state index < -0.39 is 5.97 Å². The number of piperazine rings is 1. The summed E-state index contributed by atoms with van der Waals surface area (Å²) in [7, 11) is 0. The van der Waals surface area contributed by atoms with Crippen molar-refractivity contribution in [2.75, 3.05) is 56.0 Å². The van der Waals surface area contributed by atoms with Crippen molar-refractivity contribution in [3.05, 3.63) is 40.2 Å². The third kappa shape index (κ3) is 5.02. The van der Waals surface area contributed by atoms with Crippen molar-refractivity contribution in [3.8, 4) is 0 Å². The molecule has 9 nitrogen and oxygen atoms in total. The molecule has 2 aliphatic heterocycles. The van der Waals surface area contributed by atoms with Crippen molar-refractivity contribution in [3.63, 3.8) is 0 Å². The predicted molar refractivity (Wildman–Crippen MR) is 118 cm³/mol. The summed E-state index contributed by atoms with van der Waals surface area (Å²) in [5.41, 5.74) is 0.389. The van der Waals surface area contributed by atoms with E-state index >= 15 is 0 Å². The Morgan fingerprint density at radius 2 is 1.84 bits per heavy atom. The van der Waals surface area contributed by atoms with Crippen LogP contribution in [0.5, 0.6) is 0 Å². The van der Waals surface area contributed by atoms with Gasteiger partial charge in [0.25, 0.3) is 5.91 Å². The van der Waals surface area contributed by atoms with Gasteiger partial charge in [0.2, 0.25) is 5.91 Å². The topological polar surface area (TPSA) is 106 Å². The minimum Gasteiger partial charge on any atom is -0.478 e. The first-order valence-electron chi connectivity index (χ1n) is 10.3. The summed E-state index contributed by atoms with van der Waals surface area (Å²) in [5, 5.41) is 14.2. The molecule has 2 N–H and O–H groups in total. The first-order chi connectivity index (χ1) is 15.0. The second-order valence-corrected chi connectivity index (χ2v) is 8.63.